The van der Waals surface area contributed by atoms with Crippen LogP contribution in [0.15, 0.2) is 29.2 Å². The maximum Gasteiger partial charge on any atom is 0.407 e. The molecule has 150 valence electrons. The van der Waals surface area contributed by atoms with Gasteiger partial charge in [-0.25, -0.2) is 22.7 Å². The lowest BCUT2D eigenvalue weighted by Gasteiger charge is -2.33. The number of nitrogens with one attached hydrogen (secondary N) is 2. The van der Waals surface area contributed by atoms with E-state index < -0.39 is 33.7 Å². The number of hydrogen-bond acceptors (Lipinski definition) is 5. The summed E-state index contributed by atoms with van der Waals surface area (Å²) in [6.07, 6.45) is 2.38. The Morgan fingerprint density at radius 2 is 1.63 bits per heavy atom. The van der Waals surface area contributed by atoms with Gasteiger partial charge in [0.2, 0.25) is 10.0 Å². The fraction of sp³-hybridized carbons (Fsp3) is 0.556. The third-order valence-electron chi connectivity index (χ3n) is 4.19. The summed E-state index contributed by atoms with van der Waals surface area (Å²) in [6, 6.07) is 4.16. The number of rotatable bonds is 5. The molecule has 1 aromatic rings. The molecule has 2 rings (SSSR count). The van der Waals surface area contributed by atoms with Crippen LogP contribution in [0.4, 0.5) is 4.79 Å². The number of alkyl carbamates (subject to hydrolysis) is 1. The van der Waals surface area contributed by atoms with E-state index in [9.17, 15) is 18.0 Å². The molecule has 8 nitrogen and oxygen atoms in total. The van der Waals surface area contributed by atoms with E-state index in [1.807, 2.05) is 0 Å². The molecule has 1 aromatic carbocycles. The van der Waals surface area contributed by atoms with Gasteiger partial charge in [-0.15, -0.1) is 0 Å². The zero-order valence-electron chi connectivity index (χ0n) is 15.7. The van der Waals surface area contributed by atoms with Crippen molar-refractivity contribution in [2.45, 2.75) is 69.0 Å². The Labute approximate surface area is 159 Å². The molecule has 27 heavy (non-hydrogen) atoms. The largest absolute Gasteiger partial charge is 0.478 e. The molecule has 1 aliphatic carbocycles. The highest BCUT2D eigenvalue weighted by Crippen LogP contribution is 2.22. The lowest BCUT2D eigenvalue weighted by Crippen LogP contribution is -2.53. The van der Waals surface area contributed by atoms with Crippen LogP contribution in [-0.2, 0) is 14.8 Å². The van der Waals surface area contributed by atoms with Crippen molar-refractivity contribution < 1.29 is 27.9 Å². The van der Waals surface area contributed by atoms with Gasteiger partial charge in [-0.2, -0.15) is 0 Å². The molecule has 0 heterocycles. The van der Waals surface area contributed by atoms with E-state index in [-0.39, 0.29) is 16.5 Å². The Balaban J connectivity index is 2.09. The van der Waals surface area contributed by atoms with Gasteiger partial charge in [-0.1, -0.05) is 12.8 Å². The van der Waals surface area contributed by atoms with Crippen LogP contribution in [-0.4, -0.2) is 43.3 Å². The lowest BCUT2D eigenvalue weighted by atomic mass is 9.91. The van der Waals surface area contributed by atoms with Gasteiger partial charge < -0.3 is 15.2 Å². The molecule has 0 saturated heterocycles. The summed E-state index contributed by atoms with van der Waals surface area (Å²) < 4.78 is 33.2. The molecular formula is C18H26N2O6S. The number of benzene rings is 1. The third-order valence-corrected chi connectivity index (χ3v) is 5.69. The predicted octanol–water partition coefficient (Wildman–Crippen LogP) is 2.50. The van der Waals surface area contributed by atoms with Crippen LogP contribution in [0.1, 0.15) is 56.8 Å². The van der Waals surface area contributed by atoms with E-state index in [0.29, 0.717) is 12.8 Å². The molecule has 0 aliphatic heterocycles. The first kappa shape index (κ1) is 21.2. The third kappa shape index (κ3) is 6.21. The number of sulfonamides is 1. The minimum atomic E-state index is -3.84. The molecule has 0 unspecified atom stereocenters. The normalized spacial score (nSPS) is 20.7. The number of hydrogen-bond donors (Lipinski definition) is 3. The van der Waals surface area contributed by atoms with Crippen LogP contribution in [0.3, 0.4) is 0 Å². The second kappa shape index (κ2) is 8.26. The number of ether oxygens (including phenoxy) is 1. The molecular weight excluding hydrogens is 372 g/mol. The summed E-state index contributed by atoms with van der Waals surface area (Å²) in [7, 11) is -3.84. The fourth-order valence-electron chi connectivity index (χ4n) is 2.95. The molecule has 1 saturated carbocycles. The second-order valence-corrected chi connectivity index (χ2v) is 9.31. The van der Waals surface area contributed by atoms with Gasteiger partial charge in [0.15, 0.2) is 0 Å². The first-order valence-electron chi connectivity index (χ1n) is 8.83. The first-order valence-corrected chi connectivity index (χ1v) is 10.3. The molecule has 9 heteroatoms. The average Bonchev–Trinajstić information content (AvgIpc) is 2.55. The first-order chi connectivity index (χ1) is 12.5. The van der Waals surface area contributed by atoms with Crippen molar-refractivity contribution in [3.63, 3.8) is 0 Å². The molecule has 0 spiro atoms. The van der Waals surface area contributed by atoms with Crippen LogP contribution in [0, 0.1) is 0 Å². The Kier molecular flexibility index (Phi) is 6.48. The van der Waals surface area contributed by atoms with E-state index in [1.54, 1.807) is 20.8 Å². The van der Waals surface area contributed by atoms with E-state index in [1.165, 1.54) is 24.3 Å². The zero-order valence-corrected chi connectivity index (χ0v) is 16.5. The van der Waals surface area contributed by atoms with Gasteiger partial charge in [0.05, 0.1) is 10.5 Å². The van der Waals surface area contributed by atoms with Gasteiger partial charge in [0.1, 0.15) is 5.60 Å². The number of amides is 1. The summed E-state index contributed by atoms with van der Waals surface area (Å²) in [6.45, 7) is 5.28. The van der Waals surface area contributed by atoms with Crippen molar-refractivity contribution >= 4 is 22.1 Å². The Morgan fingerprint density at radius 1 is 1.07 bits per heavy atom. The number of aromatic carboxylic acids is 1. The van der Waals surface area contributed by atoms with Crippen molar-refractivity contribution in [2.75, 3.05) is 0 Å². The molecule has 0 aromatic heterocycles. The van der Waals surface area contributed by atoms with Crippen molar-refractivity contribution in [1.82, 2.24) is 10.0 Å². The zero-order chi connectivity index (χ0) is 20.2. The van der Waals surface area contributed by atoms with Gasteiger partial charge in [0.25, 0.3) is 0 Å². The monoisotopic (exact) mass is 398 g/mol. The standard InChI is InChI=1S/C18H26N2O6S/c1-18(2,3)26-17(23)19-14-6-4-5-7-15(14)20-27(24,25)13-10-8-12(9-11-13)16(21)22/h8-11,14-15,20H,4-7H2,1-3H3,(H,19,23)(H,21,22)/t14-,15-/m1/s1. The lowest BCUT2D eigenvalue weighted by molar-refractivity contribution is 0.0482. The maximum absolute atomic E-state index is 12.6. The Hall–Kier alpha value is -2.13. The van der Waals surface area contributed by atoms with Crippen LogP contribution in [0.5, 0.6) is 0 Å². The summed E-state index contributed by atoms with van der Waals surface area (Å²) in [5.41, 5.74) is -0.629. The summed E-state index contributed by atoms with van der Waals surface area (Å²) >= 11 is 0. The predicted molar refractivity (Wildman–Crippen MR) is 99.1 cm³/mol. The fourth-order valence-corrected chi connectivity index (χ4v) is 4.26. The van der Waals surface area contributed by atoms with E-state index >= 15 is 0 Å². The molecule has 0 bridgehead atoms. The van der Waals surface area contributed by atoms with Gasteiger partial charge in [-0.3, -0.25) is 0 Å². The quantitative estimate of drug-likeness (QED) is 0.700. The highest BCUT2D eigenvalue weighted by Gasteiger charge is 2.31. The van der Waals surface area contributed by atoms with Crippen molar-refractivity contribution in [2.24, 2.45) is 0 Å². The topological polar surface area (TPSA) is 122 Å². The number of carbonyl (C=O) groups is 2. The summed E-state index contributed by atoms with van der Waals surface area (Å²) in [5, 5.41) is 11.7. The number of carbonyl (C=O) groups excluding carboxylic acids is 1. The summed E-state index contributed by atoms with van der Waals surface area (Å²) in [4.78, 5) is 22.9. The highest BCUT2D eigenvalue weighted by molar-refractivity contribution is 7.89. The van der Waals surface area contributed by atoms with E-state index in [2.05, 4.69) is 10.0 Å². The van der Waals surface area contributed by atoms with Gasteiger partial charge >= 0.3 is 12.1 Å². The van der Waals surface area contributed by atoms with Gasteiger partial charge in [0, 0.05) is 12.1 Å². The van der Waals surface area contributed by atoms with Crippen molar-refractivity contribution in [3.8, 4) is 0 Å². The summed E-state index contributed by atoms with van der Waals surface area (Å²) in [5.74, 6) is -1.12. The molecule has 1 aliphatic rings. The number of carboxylic acids is 1. The van der Waals surface area contributed by atoms with Crippen LogP contribution < -0.4 is 10.0 Å². The minimum Gasteiger partial charge on any atom is -0.478 e. The van der Waals surface area contributed by atoms with Crippen LogP contribution in [0.25, 0.3) is 0 Å². The molecule has 2 atom stereocenters. The average molecular weight is 398 g/mol. The minimum absolute atomic E-state index is 0.0103. The van der Waals surface area contributed by atoms with E-state index in [0.717, 1.165) is 12.8 Å². The van der Waals surface area contributed by atoms with Crippen LogP contribution in [0.2, 0.25) is 0 Å². The molecule has 1 amide bonds. The highest BCUT2D eigenvalue weighted by atomic mass is 32.2. The number of carboxylic acid groups (broad SMARTS) is 1. The maximum atomic E-state index is 12.6. The Morgan fingerprint density at radius 3 is 2.15 bits per heavy atom. The Bertz CT molecular complexity index is 783. The molecule has 1 fully saturated rings. The SMILES string of the molecule is CC(C)(C)OC(=O)N[C@@H]1CCCC[C@H]1NS(=O)(=O)c1ccc(C(=O)O)cc1. The second-order valence-electron chi connectivity index (χ2n) is 7.59. The van der Waals surface area contributed by atoms with E-state index in [4.69, 9.17) is 9.84 Å². The van der Waals surface area contributed by atoms with Crippen molar-refractivity contribution in [1.29, 1.82) is 0 Å². The molecule has 0 radical (unpaired) electrons. The van der Waals surface area contributed by atoms with Crippen molar-refractivity contribution in [3.05, 3.63) is 29.8 Å². The van der Waals surface area contributed by atoms with Crippen LogP contribution >= 0.6 is 0 Å². The van der Waals surface area contributed by atoms with Gasteiger partial charge in [-0.05, 0) is 57.9 Å². The molecule has 3 N–H and O–H groups in total. The smallest absolute Gasteiger partial charge is 0.407 e.